The van der Waals surface area contributed by atoms with Crippen molar-refractivity contribution < 1.29 is 46.5 Å². The topological polar surface area (TPSA) is 135 Å². The van der Waals surface area contributed by atoms with Gasteiger partial charge in [-0.3, -0.25) is 14.4 Å². The molecular weight excluding hydrogens is 557 g/mol. The molecule has 4 rings (SSSR count). The molecule has 1 atom stereocenters. The summed E-state index contributed by atoms with van der Waals surface area (Å²) in [5.41, 5.74) is 4.76. The van der Waals surface area contributed by atoms with Crippen LogP contribution in [0.3, 0.4) is 0 Å². The number of rotatable bonds is 5. The van der Waals surface area contributed by atoms with E-state index in [2.05, 4.69) is 5.73 Å². The number of carbonyl (C=O) groups is 2. The number of aromatic nitrogens is 1. The van der Waals surface area contributed by atoms with Crippen LogP contribution in [-0.2, 0) is 16.1 Å². The standard InChI is InChI=1S/C18H18F2N2O4.C7H7F.CH2F2O.CH3NO/c1-26-12-8-13(19)17(14(20)9-12)11-7-16(24)22(10-11)15-3-2-4-21(5-6-23)18(15)25;1-6-2-4-7(8)5-3-6;2-1(3)4;2-1-3/h2-4,8-9,11,23H,5-7,10H2,1H3;2-5H,1H3;1,4H;1H,(H2,2,3). The van der Waals surface area contributed by atoms with Gasteiger partial charge in [0.15, 0.2) is 0 Å². The van der Waals surface area contributed by atoms with E-state index in [0.29, 0.717) is 0 Å². The minimum absolute atomic E-state index is 0.00260. The summed E-state index contributed by atoms with van der Waals surface area (Å²) in [4.78, 5) is 34.7. The molecule has 0 aliphatic carbocycles. The summed E-state index contributed by atoms with van der Waals surface area (Å²) >= 11 is 0. The zero-order valence-electron chi connectivity index (χ0n) is 22.1. The van der Waals surface area contributed by atoms with Crippen molar-refractivity contribution in [1.29, 1.82) is 0 Å². The second kappa shape index (κ2) is 17.4. The molecule has 0 radical (unpaired) electrons. The first-order valence-corrected chi connectivity index (χ1v) is 11.9. The third kappa shape index (κ3) is 11.0. The molecule has 4 N–H and O–H groups in total. The van der Waals surface area contributed by atoms with Gasteiger partial charge in [-0.05, 0) is 31.2 Å². The van der Waals surface area contributed by atoms with Gasteiger partial charge in [-0.15, -0.1) is 0 Å². The Morgan fingerprint density at radius 2 is 1.63 bits per heavy atom. The lowest BCUT2D eigenvalue weighted by Crippen LogP contribution is -2.33. The van der Waals surface area contributed by atoms with Crippen molar-refractivity contribution in [1.82, 2.24) is 4.57 Å². The van der Waals surface area contributed by atoms with Gasteiger partial charge in [0, 0.05) is 49.3 Å². The fourth-order valence-corrected chi connectivity index (χ4v) is 3.75. The quantitative estimate of drug-likeness (QED) is 0.310. The number of carbonyl (C=O) groups excluding carboxylic acids is 2. The number of nitrogens with zero attached hydrogens (tertiary/aromatic N) is 2. The lowest BCUT2D eigenvalue weighted by atomic mass is 9.97. The van der Waals surface area contributed by atoms with Gasteiger partial charge < -0.3 is 30.2 Å². The maximum absolute atomic E-state index is 14.3. The molecule has 14 heteroatoms. The number of anilines is 1. The predicted molar refractivity (Wildman–Crippen MR) is 140 cm³/mol. The maximum Gasteiger partial charge on any atom is 0.342 e. The smallest absolute Gasteiger partial charge is 0.342 e. The van der Waals surface area contributed by atoms with Crippen molar-refractivity contribution in [2.45, 2.75) is 32.4 Å². The largest absolute Gasteiger partial charge is 0.497 e. The summed E-state index contributed by atoms with van der Waals surface area (Å²) in [5, 5.41) is 15.7. The predicted octanol–water partition coefficient (Wildman–Crippen LogP) is 3.08. The Hall–Kier alpha value is -4.30. The molecule has 1 aliphatic rings. The molecule has 2 heterocycles. The van der Waals surface area contributed by atoms with Crippen LogP contribution in [-0.4, -0.2) is 54.0 Å². The molecule has 2 aromatic carbocycles. The number of nitrogens with two attached hydrogens (primary N) is 1. The van der Waals surface area contributed by atoms with Crippen molar-refractivity contribution in [2.75, 3.05) is 25.2 Å². The zero-order chi connectivity index (χ0) is 31.1. The summed E-state index contributed by atoms with van der Waals surface area (Å²) in [6.45, 7) is -1.36. The van der Waals surface area contributed by atoms with Crippen molar-refractivity contribution in [3.05, 3.63) is 93.7 Å². The second-order valence-electron chi connectivity index (χ2n) is 8.24. The number of alkyl halides is 2. The van der Waals surface area contributed by atoms with Crippen molar-refractivity contribution in [3.8, 4) is 5.75 Å². The Bertz CT molecular complexity index is 1270. The zero-order valence-corrected chi connectivity index (χ0v) is 22.1. The first kappa shape index (κ1) is 34.7. The van der Waals surface area contributed by atoms with Gasteiger partial charge in [-0.2, -0.15) is 8.78 Å². The van der Waals surface area contributed by atoms with E-state index >= 15 is 0 Å². The molecule has 0 spiro atoms. The van der Waals surface area contributed by atoms with Crippen molar-refractivity contribution >= 4 is 18.0 Å². The molecule has 1 unspecified atom stereocenters. The number of benzene rings is 2. The lowest BCUT2D eigenvalue weighted by Gasteiger charge is -2.18. The minimum Gasteiger partial charge on any atom is -0.497 e. The van der Waals surface area contributed by atoms with E-state index in [1.807, 2.05) is 6.92 Å². The van der Waals surface area contributed by atoms with E-state index in [1.54, 1.807) is 18.2 Å². The van der Waals surface area contributed by atoms with Gasteiger partial charge in [0.05, 0.1) is 13.7 Å². The molecule has 224 valence electrons. The van der Waals surface area contributed by atoms with Crippen LogP contribution in [0, 0.1) is 24.4 Å². The number of primary amides is 1. The number of hydrogen-bond donors (Lipinski definition) is 3. The molecule has 1 saturated heterocycles. The number of halogens is 5. The number of hydrogen-bond acceptors (Lipinski definition) is 6. The molecule has 1 fully saturated rings. The Labute approximate surface area is 232 Å². The molecular formula is C27H30F5N3O6. The summed E-state index contributed by atoms with van der Waals surface area (Å²) in [6, 6.07) is 11.6. The first-order chi connectivity index (χ1) is 19.4. The highest BCUT2D eigenvalue weighted by molar-refractivity contribution is 5.96. The van der Waals surface area contributed by atoms with Crippen LogP contribution < -0.4 is 20.9 Å². The third-order valence-corrected chi connectivity index (χ3v) is 5.46. The van der Waals surface area contributed by atoms with E-state index in [4.69, 9.17) is 19.7 Å². The van der Waals surface area contributed by atoms with E-state index < -0.39 is 29.7 Å². The Morgan fingerprint density at radius 1 is 1.10 bits per heavy atom. The summed E-state index contributed by atoms with van der Waals surface area (Å²) < 4.78 is 66.6. The molecule has 41 heavy (non-hydrogen) atoms. The number of ether oxygens (including phenoxy) is 1. The number of aliphatic hydroxyl groups excluding tert-OH is 2. The fraction of sp³-hybridized carbons (Fsp3) is 0.296. The molecule has 0 bridgehead atoms. The average molecular weight is 588 g/mol. The van der Waals surface area contributed by atoms with Crippen LogP contribution in [0.4, 0.5) is 27.6 Å². The van der Waals surface area contributed by atoms with Gasteiger partial charge in [0.25, 0.3) is 5.56 Å². The Balaban J connectivity index is 0.000000460. The highest BCUT2D eigenvalue weighted by Crippen LogP contribution is 2.35. The fourth-order valence-electron chi connectivity index (χ4n) is 3.75. The molecule has 9 nitrogen and oxygen atoms in total. The minimum atomic E-state index is -3.17. The number of aryl methyl sites for hydroxylation is 1. The van der Waals surface area contributed by atoms with Crippen LogP contribution in [0.2, 0.25) is 0 Å². The van der Waals surface area contributed by atoms with Crippen LogP contribution in [0.15, 0.2) is 59.5 Å². The first-order valence-electron chi connectivity index (χ1n) is 11.9. The maximum atomic E-state index is 14.3. The normalized spacial score (nSPS) is 13.8. The van der Waals surface area contributed by atoms with E-state index in [1.165, 1.54) is 41.0 Å². The highest BCUT2D eigenvalue weighted by Gasteiger charge is 2.36. The average Bonchev–Trinajstić information content (AvgIpc) is 3.27. The van der Waals surface area contributed by atoms with E-state index in [0.717, 1.165) is 17.7 Å². The molecule has 1 aliphatic heterocycles. The third-order valence-electron chi connectivity index (χ3n) is 5.46. The summed E-state index contributed by atoms with van der Waals surface area (Å²) in [6.07, 6.45) is 1.65. The number of amides is 2. The van der Waals surface area contributed by atoms with E-state index in [-0.39, 0.29) is 61.3 Å². The monoisotopic (exact) mass is 587 g/mol. The van der Waals surface area contributed by atoms with Crippen LogP contribution in [0.25, 0.3) is 0 Å². The van der Waals surface area contributed by atoms with Gasteiger partial charge in [-0.25, -0.2) is 13.2 Å². The van der Waals surface area contributed by atoms with Crippen molar-refractivity contribution in [2.24, 2.45) is 5.73 Å². The van der Waals surface area contributed by atoms with Gasteiger partial charge in [0.1, 0.15) is 28.9 Å². The van der Waals surface area contributed by atoms with Gasteiger partial charge in [-0.1, -0.05) is 17.7 Å². The summed E-state index contributed by atoms with van der Waals surface area (Å²) in [7, 11) is 1.31. The number of methoxy groups -OCH3 is 1. The number of pyridine rings is 1. The van der Waals surface area contributed by atoms with Crippen LogP contribution >= 0.6 is 0 Å². The van der Waals surface area contributed by atoms with Gasteiger partial charge >= 0.3 is 6.61 Å². The highest BCUT2D eigenvalue weighted by atomic mass is 19.3. The van der Waals surface area contributed by atoms with Crippen molar-refractivity contribution in [3.63, 3.8) is 0 Å². The Morgan fingerprint density at radius 3 is 2.10 bits per heavy atom. The SMILES string of the molecule is COc1cc(F)c(C2CC(=O)N(c3cccn(CCO)c3=O)C2)c(F)c1.Cc1ccc(F)cc1.NC=O.OC(F)F. The van der Waals surface area contributed by atoms with Crippen LogP contribution in [0.5, 0.6) is 5.75 Å². The van der Waals surface area contributed by atoms with E-state index in [9.17, 15) is 31.5 Å². The Kier molecular flexibility index (Phi) is 14.7. The molecule has 0 saturated carbocycles. The molecule has 3 aromatic rings. The summed E-state index contributed by atoms with van der Waals surface area (Å²) in [5.74, 6) is -2.78. The second-order valence-corrected chi connectivity index (χ2v) is 8.24. The lowest BCUT2D eigenvalue weighted by molar-refractivity contribution is -0.117. The van der Waals surface area contributed by atoms with Crippen LogP contribution in [0.1, 0.15) is 23.5 Å². The molecule has 2 amide bonds. The van der Waals surface area contributed by atoms with Gasteiger partial charge in [0.2, 0.25) is 12.3 Å². The number of aliphatic hydroxyl groups is 2. The molecule has 1 aromatic heterocycles.